The minimum absolute atomic E-state index is 0.393. The highest BCUT2D eigenvalue weighted by Gasteiger charge is 2.08. The zero-order valence-electron chi connectivity index (χ0n) is 10.2. The summed E-state index contributed by atoms with van der Waals surface area (Å²) < 4.78 is 5.88. The average Bonchev–Trinajstić information content (AvgIpc) is 2.87. The third-order valence-corrected chi connectivity index (χ3v) is 2.74. The van der Waals surface area contributed by atoms with E-state index in [4.69, 9.17) is 10.5 Å². The maximum absolute atomic E-state index is 5.88. The van der Waals surface area contributed by atoms with Crippen LogP contribution in [0.3, 0.4) is 0 Å². The molecule has 0 bridgehead atoms. The van der Waals surface area contributed by atoms with Gasteiger partial charge in [-0.05, 0) is 24.3 Å². The number of anilines is 1. The van der Waals surface area contributed by atoms with E-state index in [0.717, 1.165) is 22.8 Å². The van der Waals surface area contributed by atoms with Gasteiger partial charge in [0.1, 0.15) is 11.5 Å². The first-order chi connectivity index (χ1) is 9.33. The van der Waals surface area contributed by atoms with Crippen LogP contribution in [0.5, 0.6) is 11.5 Å². The molecular formula is C15H13N3O. The number of hydrogen-bond donors (Lipinski definition) is 2. The van der Waals surface area contributed by atoms with Gasteiger partial charge in [0.15, 0.2) is 5.95 Å². The number of nitrogens with two attached hydrogens (primary N) is 1. The lowest BCUT2D eigenvalue weighted by molar-refractivity contribution is 0.484. The highest BCUT2D eigenvalue weighted by atomic mass is 16.5. The third kappa shape index (κ3) is 2.42. The summed E-state index contributed by atoms with van der Waals surface area (Å²) in [5, 5.41) is 0. The van der Waals surface area contributed by atoms with Crippen molar-refractivity contribution in [2.45, 2.75) is 0 Å². The van der Waals surface area contributed by atoms with Gasteiger partial charge in [0.05, 0.1) is 11.9 Å². The number of H-pyrrole nitrogens is 1. The molecule has 0 unspecified atom stereocenters. The second-order valence-corrected chi connectivity index (χ2v) is 4.09. The Morgan fingerprint density at radius 3 is 2.42 bits per heavy atom. The Morgan fingerprint density at radius 2 is 1.68 bits per heavy atom. The van der Waals surface area contributed by atoms with Gasteiger partial charge in [-0.1, -0.05) is 30.3 Å². The molecule has 0 spiro atoms. The van der Waals surface area contributed by atoms with Crippen molar-refractivity contribution in [3.8, 4) is 22.8 Å². The maximum Gasteiger partial charge on any atom is 0.197 e. The Hall–Kier alpha value is -2.75. The summed E-state index contributed by atoms with van der Waals surface area (Å²) in [6, 6.07) is 17.4. The van der Waals surface area contributed by atoms with Crippen molar-refractivity contribution >= 4 is 5.95 Å². The molecule has 3 N–H and O–H groups in total. The fraction of sp³-hybridized carbons (Fsp3) is 0. The number of rotatable bonds is 3. The molecule has 0 amide bonds. The Morgan fingerprint density at radius 1 is 0.947 bits per heavy atom. The summed E-state index contributed by atoms with van der Waals surface area (Å²) >= 11 is 0. The zero-order valence-corrected chi connectivity index (χ0v) is 10.2. The SMILES string of the molecule is Nc1ncc(-c2ccccc2Oc2ccccc2)[nH]1. The standard InChI is InChI=1S/C15H13N3O/c16-15-17-10-13(18-15)12-8-4-5-9-14(12)19-11-6-2-1-3-7-11/h1-10H,(H3,16,17,18). The molecule has 3 aromatic rings. The van der Waals surface area contributed by atoms with Gasteiger partial charge in [0.2, 0.25) is 0 Å². The number of nitrogen functional groups attached to an aromatic ring is 1. The van der Waals surface area contributed by atoms with Crippen molar-refractivity contribution in [3.63, 3.8) is 0 Å². The number of nitrogens with zero attached hydrogens (tertiary/aromatic N) is 1. The van der Waals surface area contributed by atoms with Crippen LogP contribution in [0.15, 0.2) is 60.8 Å². The molecule has 1 heterocycles. The van der Waals surface area contributed by atoms with Crippen LogP contribution in [0.1, 0.15) is 0 Å². The predicted molar refractivity (Wildman–Crippen MR) is 75.0 cm³/mol. The summed E-state index contributed by atoms with van der Waals surface area (Å²) in [7, 11) is 0. The molecule has 0 aliphatic rings. The molecule has 0 atom stereocenters. The van der Waals surface area contributed by atoms with Crippen LogP contribution in [0.25, 0.3) is 11.3 Å². The first-order valence-corrected chi connectivity index (χ1v) is 5.96. The monoisotopic (exact) mass is 251 g/mol. The number of hydrogen-bond acceptors (Lipinski definition) is 3. The molecular weight excluding hydrogens is 238 g/mol. The topological polar surface area (TPSA) is 63.9 Å². The maximum atomic E-state index is 5.88. The Kier molecular flexibility index (Phi) is 2.90. The number of para-hydroxylation sites is 2. The molecule has 0 aliphatic carbocycles. The van der Waals surface area contributed by atoms with Gasteiger partial charge in [0.25, 0.3) is 0 Å². The van der Waals surface area contributed by atoms with Crippen molar-refractivity contribution in [2.75, 3.05) is 5.73 Å². The summed E-state index contributed by atoms with van der Waals surface area (Å²) in [5.74, 6) is 1.95. The second kappa shape index (κ2) is 4.86. The van der Waals surface area contributed by atoms with Gasteiger partial charge in [-0.15, -0.1) is 0 Å². The molecule has 0 fully saturated rings. The predicted octanol–water partition coefficient (Wildman–Crippen LogP) is 3.45. The quantitative estimate of drug-likeness (QED) is 0.749. The molecule has 0 saturated heterocycles. The van der Waals surface area contributed by atoms with E-state index in [1.54, 1.807) is 6.20 Å². The lowest BCUT2D eigenvalue weighted by Gasteiger charge is -2.09. The van der Waals surface area contributed by atoms with E-state index in [1.807, 2.05) is 54.6 Å². The van der Waals surface area contributed by atoms with Crippen molar-refractivity contribution in [1.29, 1.82) is 0 Å². The first-order valence-electron chi connectivity index (χ1n) is 5.96. The molecule has 2 aromatic carbocycles. The van der Waals surface area contributed by atoms with E-state index in [0.29, 0.717) is 5.95 Å². The molecule has 19 heavy (non-hydrogen) atoms. The lowest BCUT2D eigenvalue weighted by atomic mass is 10.1. The normalized spacial score (nSPS) is 10.3. The van der Waals surface area contributed by atoms with Gasteiger partial charge in [-0.2, -0.15) is 0 Å². The van der Waals surface area contributed by atoms with Crippen molar-refractivity contribution in [3.05, 3.63) is 60.8 Å². The van der Waals surface area contributed by atoms with Gasteiger partial charge < -0.3 is 15.5 Å². The smallest absolute Gasteiger partial charge is 0.197 e. The molecule has 0 aliphatic heterocycles. The fourth-order valence-electron chi connectivity index (χ4n) is 1.87. The molecule has 94 valence electrons. The van der Waals surface area contributed by atoms with Crippen molar-refractivity contribution in [1.82, 2.24) is 9.97 Å². The van der Waals surface area contributed by atoms with Crippen LogP contribution in [-0.2, 0) is 0 Å². The minimum Gasteiger partial charge on any atom is -0.457 e. The van der Waals surface area contributed by atoms with E-state index in [1.165, 1.54) is 0 Å². The zero-order chi connectivity index (χ0) is 13.1. The molecule has 4 heteroatoms. The van der Waals surface area contributed by atoms with Crippen LogP contribution in [0, 0.1) is 0 Å². The van der Waals surface area contributed by atoms with Crippen LogP contribution in [0.4, 0.5) is 5.95 Å². The van der Waals surface area contributed by atoms with Crippen molar-refractivity contribution in [2.24, 2.45) is 0 Å². The number of aromatic nitrogens is 2. The Bertz CT molecular complexity index is 677. The number of benzene rings is 2. The molecule has 1 aromatic heterocycles. The van der Waals surface area contributed by atoms with Crippen LogP contribution in [-0.4, -0.2) is 9.97 Å². The summed E-state index contributed by atoms with van der Waals surface area (Å²) in [4.78, 5) is 7.01. The van der Waals surface area contributed by atoms with Crippen molar-refractivity contribution < 1.29 is 4.74 Å². The fourth-order valence-corrected chi connectivity index (χ4v) is 1.87. The van der Waals surface area contributed by atoms with E-state index in [9.17, 15) is 0 Å². The third-order valence-electron chi connectivity index (χ3n) is 2.74. The van der Waals surface area contributed by atoms with Gasteiger partial charge in [0, 0.05) is 5.56 Å². The second-order valence-electron chi connectivity index (χ2n) is 4.09. The van der Waals surface area contributed by atoms with E-state index in [2.05, 4.69) is 9.97 Å². The largest absolute Gasteiger partial charge is 0.457 e. The summed E-state index contributed by atoms with van der Waals surface area (Å²) in [6.07, 6.45) is 1.70. The van der Waals surface area contributed by atoms with E-state index in [-0.39, 0.29) is 0 Å². The van der Waals surface area contributed by atoms with Crippen LogP contribution < -0.4 is 10.5 Å². The molecule has 3 rings (SSSR count). The van der Waals surface area contributed by atoms with Crippen LogP contribution >= 0.6 is 0 Å². The van der Waals surface area contributed by atoms with Gasteiger partial charge in [-0.25, -0.2) is 4.98 Å². The average molecular weight is 251 g/mol. The minimum atomic E-state index is 0.393. The number of ether oxygens (including phenoxy) is 1. The first kappa shape index (κ1) is 11.3. The highest BCUT2D eigenvalue weighted by molar-refractivity contribution is 5.68. The van der Waals surface area contributed by atoms with Gasteiger partial charge in [-0.3, -0.25) is 0 Å². The molecule has 4 nitrogen and oxygen atoms in total. The Labute approximate surface area is 110 Å². The lowest BCUT2D eigenvalue weighted by Crippen LogP contribution is -1.89. The molecule has 0 saturated carbocycles. The number of nitrogens with one attached hydrogen (secondary N) is 1. The van der Waals surface area contributed by atoms with E-state index < -0.39 is 0 Å². The molecule has 0 radical (unpaired) electrons. The number of imidazole rings is 1. The summed E-state index contributed by atoms with van der Waals surface area (Å²) in [6.45, 7) is 0. The number of aromatic amines is 1. The Balaban J connectivity index is 1.98. The van der Waals surface area contributed by atoms with Crippen LogP contribution in [0.2, 0.25) is 0 Å². The van der Waals surface area contributed by atoms with Gasteiger partial charge >= 0.3 is 0 Å². The van der Waals surface area contributed by atoms with E-state index >= 15 is 0 Å². The highest BCUT2D eigenvalue weighted by Crippen LogP contribution is 2.32. The summed E-state index contributed by atoms with van der Waals surface area (Å²) in [5.41, 5.74) is 7.37.